The van der Waals surface area contributed by atoms with Gasteiger partial charge in [-0.3, -0.25) is 0 Å². The molecule has 1 aliphatic heterocycles. The minimum atomic E-state index is -1.51. The van der Waals surface area contributed by atoms with Gasteiger partial charge in [0.2, 0.25) is 0 Å². The molecule has 0 spiro atoms. The summed E-state index contributed by atoms with van der Waals surface area (Å²) >= 11 is 0. The van der Waals surface area contributed by atoms with E-state index in [1.54, 1.807) is 0 Å². The summed E-state index contributed by atoms with van der Waals surface area (Å²) < 4.78 is 12.1. The zero-order valence-electron chi connectivity index (χ0n) is 28.1. The monoisotopic (exact) mass is 618 g/mol. The highest BCUT2D eigenvalue weighted by molar-refractivity contribution is 5.46. The molecule has 0 aromatic carbocycles. The molecule has 6 aliphatic rings. The van der Waals surface area contributed by atoms with E-state index in [-0.39, 0.29) is 39.6 Å². The van der Waals surface area contributed by atoms with Gasteiger partial charge in [0.15, 0.2) is 6.29 Å². The Balaban J connectivity index is 1.35. The van der Waals surface area contributed by atoms with Gasteiger partial charge in [0.1, 0.15) is 24.4 Å². The molecule has 1 heterocycles. The molecule has 0 bridgehead atoms. The first-order valence-electron chi connectivity index (χ1n) is 17.0. The van der Waals surface area contributed by atoms with E-state index in [1.165, 1.54) is 11.1 Å². The van der Waals surface area contributed by atoms with Gasteiger partial charge in [-0.2, -0.15) is 0 Å². The van der Waals surface area contributed by atoms with Crippen molar-refractivity contribution in [3.05, 3.63) is 23.3 Å². The SMILES string of the molecule is CC1(C)CC2=C3C=C[C@@H]4[C@@]5(C)[C@H](O)C[C@H](O[C@@H]6O[C@H](CO)[C@@H](O)[C@H](O)[C@H]6O)C(C)(C)[C@@H]5CC[C@@]4(C)[C@]3(C)CC[C@@]2(C)[C@H](O)C1. The number of aliphatic hydroxyl groups is 6. The lowest BCUT2D eigenvalue weighted by Gasteiger charge is -2.70. The second-order valence-corrected chi connectivity index (χ2v) is 17.8. The summed E-state index contributed by atoms with van der Waals surface area (Å²) in [5, 5.41) is 64.6. The average Bonchev–Trinajstić information content (AvgIpc) is 2.93. The van der Waals surface area contributed by atoms with E-state index in [1.807, 2.05) is 0 Å². The van der Waals surface area contributed by atoms with Gasteiger partial charge in [0, 0.05) is 17.3 Å². The Hall–Kier alpha value is -0.840. The fourth-order valence-corrected chi connectivity index (χ4v) is 11.5. The highest BCUT2D eigenvalue weighted by Crippen LogP contribution is 2.74. The second-order valence-electron chi connectivity index (χ2n) is 17.8. The van der Waals surface area contributed by atoms with Crippen molar-refractivity contribution < 1.29 is 40.1 Å². The minimum Gasteiger partial charge on any atom is -0.394 e. The van der Waals surface area contributed by atoms with Crippen LogP contribution in [-0.2, 0) is 9.47 Å². The maximum absolute atomic E-state index is 12.1. The molecule has 1 saturated heterocycles. The topological polar surface area (TPSA) is 140 Å². The van der Waals surface area contributed by atoms with Crippen molar-refractivity contribution in [3.8, 4) is 0 Å². The number of fused-ring (bicyclic) bond motifs is 6. The summed E-state index contributed by atoms with van der Waals surface area (Å²) in [6, 6.07) is 0. The molecule has 0 amide bonds. The Labute approximate surface area is 263 Å². The molecule has 4 fully saturated rings. The Kier molecular flexibility index (Phi) is 7.76. The Morgan fingerprint density at radius 1 is 0.864 bits per heavy atom. The van der Waals surface area contributed by atoms with Crippen LogP contribution in [0.15, 0.2) is 23.3 Å². The van der Waals surface area contributed by atoms with Gasteiger partial charge in [-0.15, -0.1) is 0 Å². The number of aliphatic hydroxyl groups excluding tert-OH is 6. The summed E-state index contributed by atoms with van der Waals surface area (Å²) in [6.07, 6.45) is 2.67. The molecule has 6 N–H and O–H groups in total. The van der Waals surface area contributed by atoms with Gasteiger partial charge in [0.25, 0.3) is 0 Å². The van der Waals surface area contributed by atoms with Crippen LogP contribution in [0.3, 0.4) is 0 Å². The third kappa shape index (κ3) is 4.31. The third-order valence-electron chi connectivity index (χ3n) is 14.7. The maximum Gasteiger partial charge on any atom is 0.186 e. The second kappa shape index (κ2) is 10.3. The van der Waals surface area contributed by atoms with Crippen molar-refractivity contribution in [1.29, 1.82) is 0 Å². The molecule has 8 heteroatoms. The Morgan fingerprint density at radius 3 is 2.20 bits per heavy atom. The summed E-state index contributed by atoms with van der Waals surface area (Å²) in [7, 11) is 0. The fourth-order valence-electron chi connectivity index (χ4n) is 11.5. The summed E-state index contributed by atoms with van der Waals surface area (Å²) in [4.78, 5) is 0. The van der Waals surface area contributed by atoms with E-state index in [0.717, 1.165) is 38.5 Å². The molecule has 5 aliphatic carbocycles. The lowest BCUT2D eigenvalue weighted by molar-refractivity contribution is -0.335. The molecular weight excluding hydrogens is 560 g/mol. The number of hydrogen-bond acceptors (Lipinski definition) is 8. The highest BCUT2D eigenvalue weighted by atomic mass is 16.7. The smallest absolute Gasteiger partial charge is 0.186 e. The van der Waals surface area contributed by atoms with Gasteiger partial charge in [-0.05, 0) is 77.6 Å². The van der Waals surface area contributed by atoms with Gasteiger partial charge in [-0.1, -0.05) is 73.1 Å². The molecule has 3 saturated carbocycles. The van der Waals surface area contributed by atoms with Crippen LogP contribution in [0.1, 0.15) is 100 Å². The van der Waals surface area contributed by atoms with E-state index in [9.17, 15) is 30.6 Å². The molecule has 14 atom stereocenters. The van der Waals surface area contributed by atoms with Gasteiger partial charge >= 0.3 is 0 Å². The number of allylic oxidation sites excluding steroid dienone is 3. The average molecular weight is 619 g/mol. The first-order valence-corrected chi connectivity index (χ1v) is 17.0. The molecule has 250 valence electrons. The first kappa shape index (κ1) is 33.1. The third-order valence-corrected chi connectivity index (χ3v) is 14.7. The van der Waals surface area contributed by atoms with Gasteiger partial charge in [0.05, 0.1) is 24.9 Å². The zero-order chi connectivity index (χ0) is 32.4. The van der Waals surface area contributed by atoms with Crippen molar-refractivity contribution in [3.63, 3.8) is 0 Å². The molecule has 0 radical (unpaired) electrons. The largest absolute Gasteiger partial charge is 0.394 e. The predicted molar refractivity (Wildman–Crippen MR) is 166 cm³/mol. The predicted octanol–water partition coefficient (Wildman–Crippen LogP) is 3.85. The summed E-state index contributed by atoms with van der Waals surface area (Å²) in [6.45, 7) is 17.9. The van der Waals surface area contributed by atoms with Crippen LogP contribution in [-0.4, -0.2) is 86.3 Å². The number of ether oxygens (including phenoxy) is 2. The minimum absolute atomic E-state index is 0.0499. The van der Waals surface area contributed by atoms with Crippen LogP contribution < -0.4 is 0 Å². The Bertz CT molecular complexity index is 1210. The van der Waals surface area contributed by atoms with E-state index >= 15 is 0 Å². The lowest BCUT2D eigenvalue weighted by atomic mass is 9.35. The lowest BCUT2D eigenvalue weighted by Crippen LogP contribution is -2.68. The van der Waals surface area contributed by atoms with Crippen LogP contribution in [0.5, 0.6) is 0 Å². The van der Waals surface area contributed by atoms with E-state index in [2.05, 4.69) is 67.5 Å². The van der Waals surface area contributed by atoms with Gasteiger partial charge in [-0.25, -0.2) is 0 Å². The van der Waals surface area contributed by atoms with Crippen molar-refractivity contribution in [2.75, 3.05) is 6.61 Å². The number of rotatable bonds is 3. The standard InChI is InChI=1S/C36H58O8/c1-31(2)16-20-19-9-10-23-35(7,34(19,6)14-13-33(20,5)25(39)17-31)12-11-22-32(3,4)26(15-24(38)36(22,23)8)44-30-29(42)28(41)27(40)21(18-37)43-30/h9-10,21-30,37-42H,11-18H2,1-8H3/t21-,22+,23+,24-,25-,26+,27-,28+,29-,30+,33-,34-,35-,36+/m1/s1. The van der Waals surface area contributed by atoms with E-state index in [4.69, 9.17) is 9.47 Å². The van der Waals surface area contributed by atoms with Crippen molar-refractivity contribution in [2.24, 2.45) is 44.3 Å². The Morgan fingerprint density at radius 2 is 1.55 bits per heavy atom. The fraction of sp³-hybridized carbons (Fsp3) is 0.889. The normalized spacial score (nSPS) is 54.6. The van der Waals surface area contributed by atoms with Crippen LogP contribution in [0.2, 0.25) is 0 Å². The summed E-state index contributed by atoms with van der Waals surface area (Å²) in [5.74, 6) is 0.245. The van der Waals surface area contributed by atoms with Crippen molar-refractivity contribution in [2.45, 2.75) is 149 Å². The van der Waals surface area contributed by atoms with Crippen LogP contribution in [0.4, 0.5) is 0 Å². The molecule has 44 heavy (non-hydrogen) atoms. The van der Waals surface area contributed by atoms with Crippen LogP contribution >= 0.6 is 0 Å². The zero-order valence-corrected chi connectivity index (χ0v) is 28.1. The van der Waals surface area contributed by atoms with Crippen molar-refractivity contribution in [1.82, 2.24) is 0 Å². The highest BCUT2D eigenvalue weighted by Gasteiger charge is 2.69. The molecule has 0 aromatic rings. The molecule has 0 unspecified atom stereocenters. The van der Waals surface area contributed by atoms with Gasteiger partial charge < -0.3 is 40.1 Å². The maximum atomic E-state index is 12.1. The van der Waals surface area contributed by atoms with Crippen LogP contribution in [0, 0.1) is 44.3 Å². The van der Waals surface area contributed by atoms with E-state index < -0.39 is 60.4 Å². The quantitative estimate of drug-likeness (QED) is 0.262. The molecular formula is C36H58O8. The van der Waals surface area contributed by atoms with E-state index in [0.29, 0.717) is 6.42 Å². The molecule has 0 aromatic heterocycles. The summed E-state index contributed by atoms with van der Waals surface area (Å²) in [5.41, 5.74) is 1.75. The molecule has 8 nitrogen and oxygen atoms in total. The van der Waals surface area contributed by atoms with Crippen molar-refractivity contribution >= 4 is 0 Å². The molecule has 6 rings (SSSR count). The first-order chi connectivity index (χ1) is 20.3. The van der Waals surface area contributed by atoms with Crippen LogP contribution in [0.25, 0.3) is 0 Å². The number of hydrogen-bond donors (Lipinski definition) is 6.